The summed E-state index contributed by atoms with van der Waals surface area (Å²) < 4.78 is 24.4. The van der Waals surface area contributed by atoms with Crippen LogP contribution >= 0.6 is 11.3 Å². The van der Waals surface area contributed by atoms with Gasteiger partial charge in [-0.05, 0) is 30.2 Å². The van der Waals surface area contributed by atoms with Crippen LogP contribution in [0.1, 0.15) is 20.8 Å². The molecule has 0 spiro atoms. The molecule has 2 aromatic heterocycles. The quantitative estimate of drug-likeness (QED) is 0.489. The van der Waals surface area contributed by atoms with Gasteiger partial charge in [-0.1, -0.05) is 12.1 Å². The number of carbonyl (C=O) groups is 1. The average molecular weight is 376 g/mol. The number of fused-ring (bicyclic) bond motifs is 1. The van der Waals surface area contributed by atoms with E-state index in [1.807, 2.05) is 0 Å². The fourth-order valence-corrected chi connectivity index (χ4v) is 3.57. The van der Waals surface area contributed by atoms with E-state index in [2.05, 4.69) is 4.98 Å². The highest BCUT2D eigenvalue weighted by molar-refractivity contribution is 7.20. The molecule has 0 aliphatic rings. The van der Waals surface area contributed by atoms with Crippen LogP contribution < -0.4 is 5.56 Å². The highest BCUT2D eigenvalue weighted by atomic mass is 32.1. The molecule has 0 fully saturated rings. The standard InChI is InChI=1S/C18H17FN2O4S/c1-11-14-16(26-15(11)18(23)25-8-7-24-2)20-10-21(17(14)22)9-12-3-5-13(19)6-4-12/h3-6,10H,7-9H2,1-2H3. The molecule has 6 nitrogen and oxygen atoms in total. The molecular formula is C18H17FN2O4S. The lowest BCUT2D eigenvalue weighted by molar-refractivity contribution is 0.0393. The molecule has 0 N–H and O–H groups in total. The molecule has 3 rings (SSSR count). The van der Waals surface area contributed by atoms with Crippen molar-refractivity contribution >= 4 is 27.5 Å². The van der Waals surface area contributed by atoms with E-state index in [9.17, 15) is 14.0 Å². The Bertz CT molecular complexity index is 995. The predicted molar refractivity (Wildman–Crippen MR) is 96.3 cm³/mol. The third-order valence-electron chi connectivity index (χ3n) is 3.89. The van der Waals surface area contributed by atoms with E-state index in [1.165, 1.54) is 30.1 Å². The second-order valence-corrected chi connectivity index (χ2v) is 6.67. The van der Waals surface area contributed by atoms with Crippen molar-refractivity contribution in [3.63, 3.8) is 0 Å². The van der Waals surface area contributed by atoms with Gasteiger partial charge in [-0.25, -0.2) is 14.2 Å². The summed E-state index contributed by atoms with van der Waals surface area (Å²) in [6.45, 7) is 2.42. The van der Waals surface area contributed by atoms with Crippen molar-refractivity contribution in [1.82, 2.24) is 9.55 Å². The smallest absolute Gasteiger partial charge is 0.348 e. The fraction of sp³-hybridized carbons (Fsp3) is 0.278. The molecule has 0 saturated heterocycles. The number of thiophene rings is 1. The maximum Gasteiger partial charge on any atom is 0.348 e. The molecule has 0 unspecified atom stereocenters. The molecule has 1 aromatic carbocycles. The van der Waals surface area contributed by atoms with E-state index < -0.39 is 5.97 Å². The summed E-state index contributed by atoms with van der Waals surface area (Å²) >= 11 is 1.13. The van der Waals surface area contributed by atoms with Crippen LogP contribution in [0.15, 0.2) is 35.4 Å². The van der Waals surface area contributed by atoms with Gasteiger partial charge in [0.1, 0.15) is 22.1 Å². The van der Waals surface area contributed by atoms with Crippen molar-refractivity contribution in [2.45, 2.75) is 13.5 Å². The van der Waals surface area contributed by atoms with E-state index in [0.717, 1.165) is 16.9 Å². The molecule has 8 heteroatoms. The molecular weight excluding hydrogens is 359 g/mol. The monoisotopic (exact) mass is 376 g/mol. The van der Waals surface area contributed by atoms with Crippen molar-refractivity contribution < 1.29 is 18.7 Å². The van der Waals surface area contributed by atoms with Gasteiger partial charge < -0.3 is 9.47 Å². The first-order chi connectivity index (χ1) is 12.5. The van der Waals surface area contributed by atoms with Gasteiger partial charge in [-0.15, -0.1) is 11.3 Å². The van der Waals surface area contributed by atoms with Crippen LogP contribution in [0.5, 0.6) is 0 Å². The lowest BCUT2D eigenvalue weighted by Gasteiger charge is -2.05. The molecule has 26 heavy (non-hydrogen) atoms. The number of carbonyl (C=O) groups excluding carboxylic acids is 1. The van der Waals surface area contributed by atoms with Crippen LogP contribution in [0.4, 0.5) is 4.39 Å². The summed E-state index contributed by atoms with van der Waals surface area (Å²) in [5.74, 6) is -0.827. The summed E-state index contributed by atoms with van der Waals surface area (Å²) in [4.78, 5) is 30.1. The lowest BCUT2D eigenvalue weighted by atomic mass is 10.2. The van der Waals surface area contributed by atoms with Gasteiger partial charge in [-0.2, -0.15) is 0 Å². The lowest BCUT2D eigenvalue weighted by Crippen LogP contribution is -2.21. The number of nitrogens with zero attached hydrogens (tertiary/aromatic N) is 2. The summed E-state index contributed by atoms with van der Waals surface area (Å²) in [5.41, 5.74) is 1.09. The Morgan fingerprint density at radius 3 is 2.69 bits per heavy atom. The summed E-state index contributed by atoms with van der Waals surface area (Å²) in [5, 5.41) is 0.401. The first kappa shape index (κ1) is 18.2. The van der Waals surface area contributed by atoms with Crippen LogP contribution in [0.3, 0.4) is 0 Å². The number of esters is 1. The topological polar surface area (TPSA) is 70.4 Å². The molecule has 0 atom stereocenters. The summed E-state index contributed by atoms with van der Waals surface area (Å²) in [7, 11) is 1.52. The molecule has 0 bridgehead atoms. The van der Waals surface area contributed by atoms with Gasteiger partial charge >= 0.3 is 5.97 Å². The third-order valence-corrected chi connectivity index (χ3v) is 5.07. The van der Waals surface area contributed by atoms with E-state index in [0.29, 0.717) is 27.3 Å². The fourth-order valence-electron chi connectivity index (χ4n) is 2.54. The maximum atomic E-state index is 13.0. The van der Waals surface area contributed by atoms with Gasteiger partial charge in [0.25, 0.3) is 5.56 Å². The van der Waals surface area contributed by atoms with Crippen molar-refractivity contribution in [2.24, 2.45) is 0 Å². The number of hydrogen-bond acceptors (Lipinski definition) is 6. The number of aryl methyl sites for hydroxylation is 1. The SMILES string of the molecule is COCCOC(=O)c1sc2ncn(Cc3ccc(F)cc3)c(=O)c2c1C. The van der Waals surface area contributed by atoms with Crippen molar-refractivity contribution in [3.8, 4) is 0 Å². The second-order valence-electron chi connectivity index (χ2n) is 5.67. The minimum absolute atomic E-state index is 0.144. The molecule has 2 heterocycles. The molecule has 3 aromatic rings. The van der Waals surface area contributed by atoms with Gasteiger partial charge in [0.2, 0.25) is 0 Å². The van der Waals surface area contributed by atoms with Crippen LogP contribution in [-0.4, -0.2) is 35.8 Å². The van der Waals surface area contributed by atoms with Crippen LogP contribution in [0.2, 0.25) is 0 Å². The van der Waals surface area contributed by atoms with Crippen LogP contribution in [-0.2, 0) is 16.0 Å². The molecule has 136 valence electrons. The zero-order valence-corrected chi connectivity index (χ0v) is 15.1. The van der Waals surface area contributed by atoms with E-state index in [-0.39, 0.29) is 24.5 Å². The minimum Gasteiger partial charge on any atom is -0.459 e. The number of benzene rings is 1. The van der Waals surface area contributed by atoms with Crippen LogP contribution in [0.25, 0.3) is 10.2 Å². The minimum atomic E-state index is -0.493. The second kappa shape index (κ2) is 7.76. The van der Waals surface area contributed by atoms with E-state index in [4.69, 9.17) is 9.47 Å². The number of aromatic nitrogens is 2. The Morgan fingerprint density at radius 1 is 1.27 bits per heavy atom. The first-order valence-corrected chi connectivity index (χ1v) is 8.72. The first-order valence-electron chi connectivity index (χ1n) is 7.90. The predicted octanol–water partition coefficient (Wildman–Crippen LogP) is 2.76. The maximum absolute atomic E-state index is 13.0. The summed E-state index contributed by atoms with van der Waals surface area (Å²) in [6, 6.07) is 5.92. The highest BCUT2D eigenvalue weighted by Gasteiger charge is 2.20. The van der Waals surface area contributed by atoms with Gasteiger partial charge in [0.05, 0.1) is 24.9 Å². The van der Waals surface area contributed by atoms with Crippen molar-refractivity contribution in [1.29, 1.82) is 0 Å². The third kappa shape index (κ3) is 3.66. The van der Waals surface area contributed by atoms with Crippen LogP contribution in [0, 0.1) is 12.7 Å². The van der Waals surface area contributed by atoms with Gasteiger partial charge in [0, 0.05) is 7.11 Å². The van der Waals surface area contributed by atoms with Crippen molar-refractivity contribution in [3.05, 3.63) is 62.8 Å². The Balaban J connectivity index is 1.93. The average Bonchev–Trinajstić information content (AvgIpc) is 2.97. The van der Waals surface area contributed by atoms with Gasteiger partial charge in [0.15, 0.2) is 0 Å². The largest absolute Gasteiger partial charge is 0.459 e. The molecule has 0 saturated carbocycles. The number of halogens is 1. The zero-order valence-electron chi connectivity index (χ0n) is 14.3. The number of methoxy groups -OCH3 is 1. The van der Waals surface area contributed by atoms with Gasteiger partial charge in [-0.3, -0.25) is 9.36 Å². The Morgan fingerprint density at radius 2 is 2.00 bits per heavy atom. The Kier molecular flexibility index (Phi) is 5.43. The molecule has 0 aliphatic heterocycles. The summed E-state index contributed by atoms with van der Waals surface area (Å²) in [6.07, 6.45) is 1.43. The molecule has 0 radical (unpaired) electrons. The number of rotatable bonds is 6. The highest BCUT2D eigenvalue weighted by Crippen LogP contribution is 2.27. The Hall–Kier alpha value is -2.58. The molecule has 0 aliphatic carbocycles. The van der Waals surface area contributed by atoms with Crippen molar-refractivity contribution in [2.75, 3.05) is 20.3 Å². The molecule has 0 amide bonds. The van der Waals surface area contributed by atoms with E-state index in [1.54, 1.807) is 19.1 Å². The number of ether oxygens (including phenoxy) is 2. The van der Waals surface area contributed by atoms with E-state index >= 15 is 0 Å². The Labute approximate surface area is 152 Å². The number of hydrogen-bond donors (Lipinski definition) is 0. The normalized spacial score (nSPS) is 11.0. The zero-order chi connectivity index (χ0) is 18.7.